The van der Waals surface area contributed by atoms with Gasteiger partial charge >= 0.3 is 5.97 Å². The monoisotopic (exact) mass is 196 g/mol. The standard InChI is InChI=1S/C9H12N2O3/c1-2-3-6-7(9(12)13)8-11(10-6)4-5-14-8/h2-5H2,1H3,(H,12,13). The van der Waals surface area contributed by atoms with Gasteiger partial charge in [0.25, 0.3) is 0 Å². The predicted molar refractivity (Wildman–Crippen MR) is 48.7 cm³/mol. The number of ether oxygens (including phenoxy) is 1. The van der Waals surface area contributed by atoms with Gasteiger partial charge in [0.1, 0.15) is 12.2 Å². The van der Waals surface area contributed by atoms with Crippen LogP contribution in [-0.2, 0) is 13.0 Å². The van der Waals surface area contributed by atoms with Crippen LogP contribution in [0.5, 0.6) is 5.88 Å². The van der Waals surface area contributed by atoms with Gasteiger partial charge in [-0.05, 0) is 6.42 Å². The summed E-state index contributed by atoms with van der Waals surface area (Å²) in [4.78, 5) is 11.0. The zero-order chi connectivity index (χ0) is 10.1. The fraction of sp³-hybridized carbons (Fsp3) is 0.556. The second-order valence-electron chi connectivity index (χ2n) is 3.25. The molecular weight excluding hydrogens is 184 g/mol. The molecule has 1 aromatic heterocycles. The molecule has 0 spiro atoms. The maximum atomic E-state index is 11.0. The number of carboxylic acid groups (broad SMARTS) is 1. The van der Waals surface area contributed by atoms with Crippen molar-refractivity contribution in [2.45, 2.75) is 26.3 Å². The fourth-order valence-corrected chi connectivity index (χ4v) is 1.65. The zero-order valence-electron chi connectivity index (χ0n) is 7.99. The Morgan fingerprint density at radius 3 is 3.14 bits per heavy atom. The van der Waals surface area contributed by atoms with Crippen LogP contribution in [-0.4, -0.2) is 27.5 Å². The van der Waals surface area contributed by atoms with E-state index in [4.69, 9.17) is 9.84 Å². The van der Waals surface area contributed by atoms with Crippen LogP contribution in [0.1, 0.15) is 29.4 Å². The van der Waals surface area contributed by atoms with Crippen molar-refractivity contribution >= 4 is 5.97 Å². The molecule has 0 unspecified atom stereocenters. The molecule has 0 saturated heterocycles. The molecule has 5 heteroatoms. The molecule has 0 atom stereocenters. The Balaban J connectivity index is 2.45. The first-order valence-corrected chi connectivity index (χ1v) is 4.69. The van der Waals surface area contributed by atoms with Gasteiger partial charge in [-0.1, -0.05) is 13.3 Å². The molecule has 1 aliphatic rings. The van der Waals surface area contributed by atoms with Crippen molar-refractivity contribution in [2.24, 2.45) is 0 Å². The molecule has 1 aliphatic heterocycles. The third kappa shape index (κ3) is 1.25. The molecular formula is C9H12N2O3. The lowest BCUT2D eigenvalue weighted by atomic mass is 10.1. The Morgan fingerprint density at radius 1 is 1.71 bits per heavy atom. The highest BCUT2D eigenvalue weighted by Gasteiger charge is 2.27. The first-order chi connectivity index (χ1) is 6.74. The number of rotatable bonds is 3. The molecule has 0 amide bonds. The molecule has 1 aromatic rings. The van der Waals surface area contributed by atoms with Crippen LogP contribution in [0.4, 0.5) is 0 Å². The zero-order valence-corrected chi connectivity index (χ0v) is 7.99. The largest absolute Gasteiger partial charge is 0.477 e. The number of carbonyl (C=O) groups is 1. The quantitative estimate of drug-likeness (QED) is 0.780. The number of nitrogens with zero attached hydrogens (tertiary/aromatic N) is 2. The Hall–Kier alpha value is -1.52. The van der Waals surface area contributed by atoms with Gasteiger partial charge in [-0.2, -0.15) is 5.10 Å². The van der Waals surface area contributed by atoms with Crippen LogP contribution >= 0.6 is 0 Å². The highest BCUT2D eigenvalue weighted by molar-refractivity contribution is 5.91. The average Bonchev–Trinajstić information content (AvgIpc) is 2.62. The summed E-state index contributed by atoms with van der Waals surface area (Å²) in [6, 6.07) is 0. The summed E-state index contributed by atoms with van der Waals surface area (Å²) >= 11 is 0. The Morgan fingerprint density at radius 2 is 2.50 bits per heavy atom. The predicted octanol–water partition coefficient (Wildman–Crippen LogP) is 0.926. The third-order valence-electron chi connectivity index (χ3n) is 2.22. The van der Waals surface area contributed by atoms with E-state index in [0.717, 1.165) is 6.42 Å². The molecule has 5 nitrogen and oxygen atoms in total. The van der Waals surface area contributed by atoms with E-state index in [0.29, 0.717) is 31.1 Å². The number of aromatic nitrogens is 2. The Kier molecular flexibility index (Phi) is 2.15. The number of fused-ring (bicyclic) bond motifs is 1. The van der Waals surface area contributed by atoms with Crippen molar-refractivity contribution in [1.29, 1.82) is 0 Å². The van der Waals surface area contributed by atoms with Gasteiger partial charge in [0.15, 0.2) is 0 Å². The van der Waals surface area contributed by atoms with Crippen LogP contribution in [0.15, 0.2) is 0 Å². The van der Waals surface area contributed by atoms with E-state index in [2.05, 4.69) is 5.10 Å². The molecule has 0 bridgehead atoms. The van der Waals surface area contributed by atoms with E-state index < -0.39 is 5.97 Å². The Bertz CT molecular complexity index is 370. The fourth-order valence-electron chi connectivity index (χ4n) is 1.65. The first kappa shape index (κ1) is 9.05. The van der Waals surface area contributed by atoms with Gasteiger partial charge in [-0.15, -0.1) is 0 Å². The molecule has 0 saturated carbocycles. The number of hydrogen-bond acceptors (Lipinski definition) is 3. The highest BCUT2D eigenvalue weighted by atomic mass is 16.5. The SMILES string of the molecule is CCCc1nn2c(c1C(=O)O)OCC2. The Labute approximate surface area is 81.3 Å². The van der Waals surface area contributed by atoms with E-state index >= 15 is 0 Å². The number of hydrogen-bond donors (Lipinski definition) is 1. The third-order valence-corrected chi connectivity index (χ3v) is 2.22. The number of aryl methyl sites for hydroxylation is 1. The lowest BCUT2D eigenvalue weighted by Crippen LogP contribution is -2.03. The second kappa shape index (κ2) is 3.32. The van der Waals surface area contributed by atoms with Crippen molar-refractivity contribution < 1.29 is 14.6 Å². The van der Waals surface area contributed by atoms with Crippen molar-refractivity contribution in [2.75, 3.05) is 6.61 Å². The summed E-state index contributed by atoms with van der Waals surface area (Å²) in [5.74, 6) is -0.530. The van der Waals surface area contributed by atoms with E-state index in [-0.39, 0.29) is 5.56 Å². The molecule has 2 rings (SSSR count). The van der Waals surface area contributed by atoms with Crippen molar-refractivity contribution in [3.63, 3.8) is 0 Å². The topological polar surface area (TPSA) is 64.4 Å². The molecule has 0 aromatic carbocycles. The summed E-state index contributed by atoms with van der Waals surface area (Å²) in [7, 11) is 0. The van der Waals surface area contributed by atoms with Crippen LogP contribution in [0.2, 0.25) is 0 Å². The minimum atomic E-state index is -0.948. The maximum absolute atomic E-state index is 11.0. The lowest BCUT2D eigenvalue weighted by molar-refractivity contribution is 0.0692. The minimum Gasteiger partial charge on any atom is -0.477 e. The smallest absolute Gasteiger partial charge is 0.343 e. The van der Waals surface area contributed by atoms with E-state index in [1.807, 2.05) is 6.92 Å². The molecule has 76 valence electrons. The molecule has 0 radical (unpaired) electrons. The minimum absolute atomic E-state index is 0.240. The first-order valence-electron chi connectivity index (χ1n) is 4.69. The summed E-state index contributed by atoms with van der Waals surface area (Å²) in [5, 5.41) is 13.2. The normalized spacial score (nSPS) is 13.8. The maximum Gasteiger partial charge on any atom is 0.343 e. The average molecular weight is 196 g/mol. The van der Waals surface area contributed by atoms with Crippen molar-refractivity contribution in [1.82, 2.24) is 9.78 Å². The lowest BCUT2D eigenvalue weighted by Gasteiger charge is -1.97. The van der Waals surface area contributed by atoms with Crippen molar-refractivity contribution in [3.05, 3.63) is 11.3 Å². The van der Waals surface area contributed by atoms with Crippen LogP contribution in [0.3, 0.4) is 0 Å². The molecule has 0 fully saturated rings. The molecule has 0 aliphatic carbocycles. The van der Waals surface area contributed by atoms with Gasteiger partial charge in [0.05, 0.1) is 12.2 Å². The number of aromatic carboxylic acids is 1. The molecule has 14 heavy (non-hydrogen) atoms. The van der Waals surface area contributed by atoms with Gasteiger partial charge in [0, 0.05) is 0 Å². The van der Waals surface area contributed by atoms with Crippen molar-refractivity contribution in [3.8, 4) is 5.88 Å². The molecule has 1 N–H and O–H groups in total. The van der Waals surface area contributed by atoms with Gasteiger partial charge in [-0.3, -0.25) is 0 Å². The van der Waals surface area contributed by atoms with Gasteiger partial charge in [0.2, 0.25) is 5.88 Å². The summed E-state index contributed by atoms with van der Waals surface area (Å²) in [5.41, 5.74) is 0.874. The summed E-state index contributed by atoms with van der Waals surface area (Å²) in [6.45, 7) is 3.17. The van der Waals surface area contributed by atoms with Gasteiger partial charge in [-0.25, -0.2) is 9.48 Å². The van der Waals surface area contributed by atoms with E-state index in [1.54, 1.807) is 4.68 Å². The van der Waals surface area contributed by atoms with Gasteiger partial charge < -0.3 is 9.84 Å². The van der Waals surface area contributed by atoms with E-state index in [1.165, 1.54) is 0 Å². The summed E-state index contributed by atoms with van der Waals surface area (Å²) in [6.07, 6.45) is 1.57. The van der Waals surface area contributed by atoms with E-state index in [9.17, 15) is 4.79 Å². The van der Waals surface area contributed by atoms with Crippen LogP contribution < -0.4 is 4.74 Å². The highest BCUT2D eigenvalue weighted by Crippen LogP contribution is 2.27. The molecule has 2 heterocycles. The number of carboxylic acids is 1. The van der Waals surface area contributed by atoms with Crippen LogP contribution in [0, 0.1) is 0 Å². The second-order valence-corrected chi connectivity index (χ2v) is 3.25. The van der Waals surface area contributed by atoms with Crippen LogP contribution in [0.25, 0.3) is 0 Å². The summed E-state index contributed by atoms with van der Waals surface area (Å²) < 4.78 is 6.87.